The van der Waals surface area contributed by atoms with Gasteiger partial charge >= 0.3 is 11.9 Å². The summed E-state index contributed by atoms with van der Waals surface area (Å²) in [5.74, 6) is -3.85. The summed E-state index contributed by atoms with van der Waals surface area (Å²) in [6, 6.07) is 13.6. The summed E-state index contributed by atoms with van der Waals surface area (Å²) >= 11 is 0. The Bertz CT molecular complexity index is 909. The van der Waals surface area contributed by atoms with Gasteiger partial charge in [0.25, 0.3) is 0 Å². The lowest BCUT2D eigenvalue weighted by molar-refractivity contribution is -0.163. The molecule has 7 heteroatoms. The summed E-state index contributed by atoms with van der Waals surface area (Å²) in [5.41, 5.74) is 13.2. The Labute approximate surface area is 149 Å². The Kier molecular flexibility index (Phi) is 4.48. The molecule has 2 aromatic carbocycles. The van der Waals surface area contributed by atoms with Crippen LogP contribution in [0.1, 0.15) is 23.1 Å². The van der Waals surface area contributed by atoms with Gasteiger partial charge in [-0.15, -0.1) is 0 Å². The van der Waals surface area contributed by atoms with Gasteiger partial charge in [-0.25, -0.2) is 9.59 Å². The minimum absolute atomic E-state index is 0.138. The molecule has 5 N–H and O–H groups in total. The average molecular weight is 354 g/mol. The molecule has 0 saturated heterocycles. The molecule has 0 bridgehead atoms. The molecular weight excluding hydrogens is 336 g/mol. The predicted octanol–water partition coefficient (Wildman–Crippen LogP) is 0.959. The lowest BCUT2D eigenvalue weighted by Gasteiger charge is -2.21. The maximum atomic E-state index is 12.2. The molecule has 1 aliphatic rings. The van der Waals surface area contributed by atoms with Crippen molar-refractivity contribution in [1.29, 1.82) is 0 Å². The first-order chi connectivity index (χ1) is 12.3. The minimum Gasteiger partial charge on any atom is -0.479 e. The average Bonchev–Trinajstić information content (AvgIpc) is 2.98. The number of primary amides is 1. The number of benzene rings is 2. The van der Waals surface area contributed by atoms with E-state index in [0.29, 0.717) is 6.42 Å². The van der Waals surface area contributed by atoms with Crippen LogP contribution in [0.3, 0.4) is 0 Å². The number of aliphatic carboxylic acids is 1. The molecule has 0 saturated carbocycles. The number of nitrogens with two attached hydrogens (primary N) is 2. The highest BCUT2D eigenvalue weighted by atomic mass is 16.5. The van der Waals surface area contributed by atoms with Gasteiger partial charge in [0.05, 0.1) is 6.42 Å². The third-order valence-electron chi connectivity index (χ3n) is 4.51. The smallest absolute Gasteiger partial charge is 0.338 e. The van der Waals surface area contributed by atoms with Crippen LogP contribution < -0.4 is 11.5 Å². The highest BCUT2D eigenvalue weighted by Gasteiger charge is 2.45. The second-order valence-electron chi connectivity index (χ2n) is 6.27. The normalized spacial score (nSPS) is 14.0. The van der Waals surface area contributed by atoms with E-state index in [1.54, 1.807) is 0 Å². The molecule has 2 aromatic rings. The molecular formula is C19H18N2O5. The van der Waals surface area contributed by atoms with E-state index in [2.05, 4.69) is 0 Å². The molecule has 0 heterocycles. The molecule has 3 rings (SSSR count). The topological polar surface area (TPSA) is 133 Å². The van der Waals surface area contributed by atoms with Crippen LogP contribution in [-0.4, -0.2) is 28.5 Å². The van der Waals surface area contributed by atoms with Gasteiger partial charge in [0, 0.05) is 0 Å². The summed E-state index contributed by atoms with van der Waals surface area (Å²) < 4.78 is 5.13. The summed E-state index contributed by atoms with van der Waals surface area (Å²) in [6.07, 6.45) is -0.132. The van der Waals surface area contributed by atoms with Crippen LogP contribution in [0.15, 0.2) is 42.5 Å². The van der Waals surface area contributed by atoms with Crippen molar-refractivity contribution in [1.82, 2.24) is 0 Å². The standard InChI is InChI=1S/C19H18N2O5/c20-16(22)9-19(21,17(23)24)18(25)26-10-12-5-3-7-14-13-6-2-1-4-11(13)8-15(12)14/h1-7H,8-10,21H2,(H2,20,22)(H,23,24)/t19-/m0/s1. The Balaban J connectivity index is 1.80. The van der Waals surface area contributed by atoms with Crippen molar-refractivity contribution >= 4 is 17.8 Å². The second kappa shape index (κ2) is 6.61. The third-order valence-corrected chi connectivity index (χ3v) is 4.51. The van der Waals surface area contributed by atoms with Gasteiger partial charge in [-0.2, -0.15) is 0 Å². The van der Waals surface area contributed by atoms with Gasteiger partial charge in [-0.1, -0.05) is 42.5 Å². The van der Waals surface area contributed by atoms with Crippen molar-refractivity contribution in [2.24, 2.45) is 11.5 Å². The number of hydrogen-bond acceptors (Lipinski definition) is 5. The number of hydrogen-bond donors (Lipinski definition) is 3. The zero-order valence-corrected chi connectivity index (χ0v) is 13.9. The van der Waals surface area contributed by atoms with Gasteiger partial charge in [0.15, 0.2) is 0 Å². The van der Waals surface area contributed by atoms with Crippen LogP contribution in [0.5, 0.6) is 0 Å². The molecule has 1 amide bonds. The number of carboxylic acid groups (broad SMARTS) is 1. The number of carboxylic acids is 1. The number of rotatable bonds is 6. The summed E-state index contributed by atoms with van der Waals surface area (Å²) in [7, 11) is 0. The fourth-order valence-corrected chi connectivity index (χ4v) is 3.14. The largest absolute Gasteiger partial charge is 0.479 e. The van der Waals surface area contributed by atoms with Crippen LogP contribution in [0.2, 0.25) is 0 Å². The van der Waals surface area contributed by atoms with E-state index < -0.39 is 29.8 Å². The molecule has 1 atom stereocenters. The quantitative estimate of drug-likeness (QED) is 0.446. The SMILES string of the molecule is NC(=O)C[C@](N)(C(=O)O)C(=O)OCc1cccc2c1Cc1ccccc1-2. The molecule has 134 valence electrons. The number of amides is 1. The van der Waals surface area contributed by atoms with Crippen molar-refractivity contribution in [2.75, 3.05) is 0 Å². The first-order valence-corrected chi connectivity index (χ1v) is 8.00. The molecule has 7 nitrogen and oxygen atoms in total. The summed E-state index contributed by atoms with van der Waals surface area (Å²) in [6.45, 7) is -0.138. The Morgan fingerprint density at radius 1 is 1.08 bits per heavy atom. The van der Waals surface area contributed by atoms with Gasteiger partial charge in [-0.3, -0.25) is 4.79 Å². The maximum Gasteiger partial charge on any atom is 0.338 e. The molecule has 0 spiro atoms. The van der Waals surface area contributed by atoms with Crippen molar-refractivity contribution in [3.63, 3.8) is 0 Å². The van der Waals surface area contributed by atoms with Crippen LogP contribution in [-0.2, 0) is 32.1 Å². The number of carbonyl (C=O) groups excluding carboxylic acids is 2. The highest BCUT2D eigenvalue weighted by molar-refractivity contribution is 6.07. The molecule has 0 unspecified atom stereocenters. The van der Waals surface area contributed by atoms with E-state index in [4.69, 9.17) is 16.2 Å². The van der Waals surface area contributed by atoms with Crippen molar-refractivity contribution < 1.29 is 24.2 Å². The fraction of sp³-hybridized carbons (Fsp3) is 0.211. The second-order valence-corrected chi connectivity index (χ2v) is 6.27. The molecule has 0 fully saturated rings. The van der Waals surface area contributed by atoms with Gasteiger partial charge in [0.2, 0.25) is 11.4 Å². The molecule has 0 aromatic heterocycles. The summed E-state index contributed by atoms with van der Waals surface area (Å²) in [5, 5.41) is 9.19. The molecule has 0 aliphatic heterocycles. The van der Waals surface area contributed by atoms with E-state index >= 15 is 0 Å². The lowest BCUT2D eigenvalue weighted by atomic mass is 9.96. The van der Waals surface area contributed by atoms with Crippen molar-refractivity contribution in [2.45, 2.75) is 25.0 Å². The summed E-state index contributed by atoms with van der Waals surface area (Å²) in [4.78, 5) is 34.6. The number of carbonyl (C=O) groups is 3. The zero-order chi connectivity index (χ0) is 18.9. The van der Waals surface area contributed by atoms with Crippen LogP contribution >= 0.6 is 0 Å². The maximum absolute atomic E-state index is 12.2. The van der Waals surface area contributed by atoms with Crippen LogP contribution in [0, 0.1) is 0 Å². The van der Waals surface area contributed by atoms with E-state index in [1.165, 1.54) is 5.56 Å². The van der Waals surface area contributed by atoms with Gasteiger partial charge in [0.1, 0.15) is 6.61 Å². The lowest BCUT2D eigenvalue weighted by Crippen LogP contribution is -2.57. The number of fused-ring (bicyclic) bond motifs is 3. The number of esters is 1. The van der Waals surface area contributed by atoms with Crippen molar-refractivity contribution in [3.8, 4) is 11.1 Å². The first-order valence-electron chi connectivity index (χ1n) is 8.00. The van der Waals surface area contributed by atoms with Crippen LogP contribution in [0.4, 0.5) is 0 Å². The predicted molar refractivity (Wildman–Crippen MR) is 92.8 cm³/mol. The zero-order valence-electron chi connectivity index (χ0n) is 13.9. The highest BCUT2D eigenvalue weighted by Crippen LogP contribution is 2.38. The third kappa shape index (κ3) is 3.04. The monoisotopic (exact) mass is 354 g/mol. The van der Waals surface area contributed by atoms with Gasteiger partial charge < -0.3 is 21.3 Å². The van der Waals surface area contributed by atoms with E-state index in [9.17, 15) is 19.5 Å². The fourth-order valence-electron chi connectivity index (χ4n) is 3.14. The minimum atomic E-state index is -2.49. The number of ether oxygens (including phenoxy) is 1. The Hall–Kier alpha value is -3.19. The van der Waals surface area contributed by atoms with E-state index in [-0.39, 0.29) is 6.61 Å². The van der Waals surface area contributed by atoms with Gasteiger partial charge in [-0.05, 0) is 34.2 Å². The first kappa shape index (κ1) is 17.6. The van der Waals surface area contributed by atoms with Crippen molar-refractivity contribution in [3.05, 3.63) is 59.2 Å². The van der Waals surface area contributed by atoms with E-state index in [1.807, 2.05) is 42.5 Å². The molecule has 0 radical (unpaired) electrons. The Morgan fingerprint density at radius 2 is 1.77 bits per heavy atom. The van der Waals surface area contributed by atoms with E-state index in [0.717, 1.165) is 22.3 Å². The van der Waals surface area contributed by atoms with Crippen LogP contribution in [0.25, 0.3) is 11.1 Å². The molecule has 1 aliphatic carbocycles. The molecule has 26 heavy (non-hydrogen) atoms. The Morgan fingerprint density at radius 3 is 2.46 bits per heavy atom.